The number of halogens is 1. The number of fused-ring (bicyclic) bond motifs is 1. The molecule has 0 aliphatic heterocycles. The summed E-state index contributed by atoms with van der Waals surface area (Å²) < 4.78 is 42.3. The van der Waals surface area contributed by atoms with Gasteiger partial charge in [-0.1, -0.05) is 24.3 Å². The number of aromatic nitrogens is 5. The number of nitrogens with zero attached hydrogens (tertiary/aromatic N) is 5. The molecule has 0 spiro atoms. The van der Waals surface area contributed by atoms with Gasteiger partial charge in [0.2, 0.25) is 0 Å². The minimum absolute atomic E-state index is 0.0246. The molecule has 1 N–H and O–H groups in total. The molecule has 0 fully saturated rings. The van der Waals surface area contributed by atoms with Crippen LogP contribution in [0.3, 0.4) is 0 Å². The lowest BCUT2D eigenvalue weighted by molar-refractivity contribution is 0.522. The first kappa shape index (κ1) is 21.1. The van der Waals surface area contributed by atoms with Crippen molar-refractivity contribution in [3.05, 3.63) is 84.8 Å². The van der Waals surface area contributed by atoms with E-state index in [0.29, 0.717) is 22.6 Å². The van der Waals surface area contributed by atoms with E-state index in [1.807, 2.05) is 31.4 Å². The number of aryl methyl sites for hydroxylation is 1. The summed E-state index contributed by atoms with van der Waals surface area (Å²) >= 11 is -2.45. The molecule has 1 atom stereocenters. The summed E-state index contributed by atoms with van der Waals surface area (Å²) in [4.78, 5) is 9.11. The van der Waals surface area contributed by atoms with Gasteiger partial charge in [0.25, 0.3) is 0 Å². The average molecular weight is 462 g/mol. The first-order chi connectivity index (χ1) is 16.0. The van der Waals surface area contributed by atoms with Gasteiger partial charge in [-0.05, 0) is 41.5 Å². The molecule has 5 rings (SSSR count). The highest BCUT2D eigenvalue weighted by atomic mass is 32.2. The summed E-state index contributed by atoms with van der Waals surface area (Å²) in [7, 11) is 1.86. The molecular formula is C23H18FN6O2S-. The van der Waals surface area contributed by atoms with Crippen molar-refractivity contribution >= 4 is 22.3 Å². The van der Waals surface area contributed by atoms with Crippen molar-refractivity contribution in [2.45, 2.75) is 6.54 Å². The lowest BCUT2D eigenvalue weighted by Crippen LogP contribution is -2.17. The van der Waals surface area contributed by atoms with E-state index in [1.165, 1.54) is 6.07 Å². The third-order valence-corrected chi connectivity index (χ3v) is 5.63. The predicted molar refractivity (Wildman–Crippen MR) is 122 cm³/mol. The number of nitrogens with one attached hydrogen (secondary N) is 1. The van der Waals surface area contributed by atoms with Crippen molar-refractivity contribution in [3.63, 3.8) is 0 Å². The van der Waals surface area contributed by atoms with Crippen LogP contribution in [0.5, 0.6) is 0 Å². The van der Waals surface area contributed by atoms with Gasteiger partial charge in [0, 0.05) is 42.2 Å². The molecule has 0 saturated carbocycles. The average Bonchev–Trinajstić information content (AvgIpc) is 3.43. The maximum atomic E-state index is 14.5. The molecule has 0 aliphatic carbocycles. The summed E-state index contributed by atoms with van der Waals surface area (Å²) in [6.45, 7) is -0.0246. The molecule has 0 amide bonds. The highest BCUT2D eigenvalue weighted by molar-refractivity contribution is 7.77. The minimum atomic E-state index is -2.45. The number of hydrogen-bond donors (Lipinski definition) is 1. The van der Waals surface area contributed by atoms with E-state index < -0.39 is 11.3 Å². The zero-order chi connectivity index (χ0) is 22.9. The van der Waals surface area contributed by atoms with Crippen molar-refractivity contribution in [1.82, 2.24) is 29.0 Å². The SMILES string of the molecule is Cn1cc(-c2ccc3c(c2)ncn3-c2cc(-c3ccccc3F)cc(CNS(=O)[O-])n2)cn1. The van der Waals surface area contributed by atoms with E-state index in [1.54, 1.807) is 52.1 Å². The Kier molecular flexibility index (Phi) is 5.55. The molecule has 0 saturated heterocycles. The topological polar surface area (TPSA) is 101 Å². The third kappa shape index (κ3) is 4.31. The van der Waals surface area contributed by atoms with Crippen LogP contribution in [-0.2, 0) is 24.9 Å². The van der Waals surface area contributed by atoms with Gasteiger partial charge in [-0.3, -0.25) is 13.5 Å². The molecule has 1 unspecified atom stereocenters. The zero-order valence-corrected chi connectivity index (χ0v) is 18.3. The number of pyridine rings is 1. The molecule has 5 aromatic rings. The molecule has 0 bridgehead atoms. The first-order valence-corrected chi connectivity index (χ1v) is 11.1. The van der Waals surface area contributed by atoms with Gasteiger partial charge in [0.05, 0.1) is 22.9 Å². The van der Waals surface area contributed by atoms with Crippen molar-refractivity contribution in [1.29, 1.82) is 0 Å². The van der Waals surface area contributed by atoms with Crippen LogP contribution < -0.4 is 4.72 Å². The number of benzene rings is 2. The van der Waals surface area contributed by atoms with E-state index in [9.17, 15) is 13.2 Å². The smallest absolute Gasteiger partial charge is 0.139 e. The Labute approximate surface area is 191 Å². The normalized spacial score (nSPS) is 12.3. The number of hydrogen-bond acceptors (Lipinski definition) is 5. The summed E-state index contributed by atoms with van der Waals surface area (Å²) in [6, 6.07) is 15.7. The zero-order valence-electron chi connectivity index (χ0n) is 17.5. The van der Waals surface area contributed by atoms with E-state index >= 15 is 0 Å². The van der Waals surface area contributed by atoms with Crippen LogP contribution >= 0.6 is 0 Å². The first-order valence-electron chi connectivity index (χ1n) is 10.0. The van der Waals surface area contributed by atoms with Crippen LogP contribution in [0.1, 0.15) is 5.69 Å². The van der Waals surface area contributed by atoms with Crippen LogP contribution in [0.4, 0.5) is 4.39 Å². The summed E-state index contributed by atoms with van der Waals surface area (Å²) in [5.74, 6) is 0.124. The lowest BCUT2D eigenvalue weighted by atomic mass is 10.0. The maximum absolute atomic E-state index is 14.5. The van der Waals surface area contributed by atoms with E-state index in [4.69, 9.17) is 0 Å². The second kappa shape index (κ2) is 8.66. The van der Waals surface area contributed by atoms with Crippen LogP contribution in [0, 0.1) is 5.82 Å². The Morgan fingerprint density at radius 1 is 1.09 bits per heavy atom. The van der Waals surface area contributed by atoms with Crippen LogP contribution in [0.2, 0.25) is 0 Å². The Morgan fingerprint density at radius 3 is 2.70 bits per heavy atom. The van der Waals surface area contributed by atoms with Gasteiger partial charge >= 0.3 is 0 Å². The fraction of sp³-hybridized carbons (Fsp3) is 0.0870. The molecule has 10 heteroatoms. The Balaban J connectivity index is 1.61. The van der Waals surface area contributed by atoms with Gasteiger partial charge in [-0.15, -0.1) is 0 Å². The standard InChI is InChI=1S/C23H19FN6O2S/c1-29-13-17(11-26-29)15-6-7-22-21(9-15)25-14-30(22)23-10-16(19-4-2-3-5-20(19)24)8-18(28-23)12-27-33(31)32/h2-11,13-14,27H,12H2,1H3,(H,31,32)/p-1. The van der Waals surface area contributed by atoms with Crippen molar-refractivity contribution < 1.29 is 13.2 Å². The molecule has 8 nitrogen and oxygen atoms in total. The molecule has 3 aromatic heterocycles. The molecule has 2 aromatic carbocycles. The predicted octanol–water partition coefficient (Wildman–Crippen LogP) is 3.51. The largest absolute Gasteiger partial charge is 0.760 e. The third-order valence-electron chi connectivity index (χ3n) is 5.25. The molecule has 3 heterocycles. The monoisotopic (exact) mass is 461 g/mol. The van der Waals surface area contributed by atoms with E-state index in [-0.39, 0.29) is 12.4 Å². The van der Waals surface area contributed by atoms with Gasteiger partial charge < -0.3 is 4.55 Å². The molecule has 33 heavy (non-hydrogen) atoms. The fourth-order valence-corrected chi connectivity index (χ4v) is 3.98. The van der Waals surface area contributed by atoms with Gasteiger partial charge in [-0.25, -0.2) is 19.1 Å². The van der Waals surface area contributed by atoms with Crippen molar-refractivity contribution in [2.24, 2.45) is 7.05 Å². The molecule has 166 valence electrons. The summed E-state index contributed by atoms with van der Waals surface area (Å²) in [5.41, 5.74) is 4.96. The Hall–Kier alpha value is -3.73. The van der Waals surface area contributed by atoms with E-state index in [0.717, 1.165) is 22.2 Å². The van der Waals surface area contributed by atoms with Crippen molar-refractivity contribution in [2.75, 3.05) is 0 Å². The summed E-state index contributed by atoms with van der Waals surface area (Å²) in [5, 5.41) is 4.21. The van der Waals surface area contributed by atoms with Gasteiger partial charge in [0.1, 0.15) is 18.0 Å². The van der Waals surface area contributed by atoms with Gasteiger partial charge in [0.15, 0.2) is 0 Å². The lowest BCUT2D eigenvalue weighted by Gasteiger charge is -2.13. The summed E-state index contributed by atoms with van der Waals surface area (Å²) in [6.07, 6.45) is 5.36. The Bertz CT molecular complexity index is 1500. The highest BCUT2D eigenvalue weighted by Gasteiger charge is 2.13. The molecule has 0 aliphatic rings. The minimum Gasteiger partial charge on any atom is -0.760 e. The number of rotatable bonds is 6. The second-order valence-corrected chi connectivity index (χ2v) is 8.22. The molecule has 0 radical (unpaired) electrons. The Morgan fingerprint density at radius 2 is 1.94 bits per heavy atom. The van der Waals surface area contributed by atoms with Crippen molar-refractivity contribution in [3.8, 4) is 28.1 Å². The van der Waals surface area contributed by atoms with E-state index in [2.05, 4.69) is 19.8 Å². The van der Waals surface area contributed by atoms with Crippen LogP contribution in [0.25, 0.3) is 39.1 Å². The quantitative estimate of drug-likeness (QED) is 0.390. The van der Waals surface area contributed by atoms with Crippen LogP contribution in [0.15, 0.2) is 73.3 Å². The molecular weight excluding hydrogens is 443 g/mol. The fourth-order valence-electron chi connectivity index (χ4n) is 3.71. The second-order valence-electron chi connectivity index (χ2n) is 7.46. The number of imidazole rings is 1. The van der Waals surface area contributed by atoms with Gasteiger partial charge in [-0.2, -0.15) is 5.10 Å². The maximum Gasteiger partial charge on any atom is 0.139 e. The highest BCUT2D eigenvalue weighted by Crippen LogP contribution is 2.28. The van der Waals surface area contributed by atoms with Crippen LogP contribution in [-0.4, -0.2) is 33.1 Å².